The van der Waals surface area contributed by atoms with Gasteiger partial charge in [0.05, 0.1) is 11.4 Å². The fourth-order valence-corrected chi connectivity index (χ4v) is 4.15. The molecule has 2 aromatic rings. The number of hydrogen-bond acceptors (Lipinski definition) is 2. The highest BCUT2D eigenvalue weighted by Crippen LogP contribution is 2.32. The van der Waals surface area contributed by atoms with E-state index < -0.39 is 11.6 Å². The quantitative estimate of drug-likeness (QED) is 0.460. The van der Waals surface area contributed by atoms with Crippen LogP contribution in [0, 0.1) is 23.5 Å². The molecule has 1 aliphatic rings. The van der Waals surface area contributed by atoms with Gasteiger partial charge in [0.25, 0.3) is 0 Å². The van der Waals surface area contributed by atoms with E-state index in [1.807, 2.05) is 6.07 Å². The molecule has 4 heteroatoms. The summed E-state index contributed by atoms with van der Waals surface area (Å²) in [5.41, 5.74) is 1.96. The number of aromatic nitrogens is 2. The third-order valence-corrected chi connectivity index (χ3v) is 6.15. The molecule has 1 aromatic heterocycles. The summed E-state index contributed by atoms with van der Waals surface area (Å²) >= 11 is 0. The van der Waals surface area contributed by atoms with Gasteiger partial charge in [-0.05, 0) is 61.3 Å². The van der Waals surface area contributed by atoms with Crippen LogP contribution < -0.4 is 0 Å². The van der Waals surface area contributed by atoms with Crippen molar-refractivity contribution in [3.05, 3.63) is 47.2 Å². The van der Waals surface area contributed by atoms with Gasteiger partial charge in [0, 0.05) is 5.56 Å². The first-order valence-corrected chi connectivity index (χ1v) is 10.9. The minimum atomic E-state index is -0.803. The fourth-order valence-electron chi connectivity index (χ4n) is 4.15. The van der Waals surface area contributed by atoms with Gasteiger partial charge in [-0.2, -0.15) is 10.2 Å². The molecule has 0 spiro atoms. The van der Waals surface area contributed by atoms with Crippen LogP contribution in [0.1, 0.15) is 76.5 Å². The van der Waals surface area contributed by atoms with Crippen molar-refractivity contribution in [2.75, 3.05) is 0 Å². The van der Waals surface area contributed by atoms with Crippen molar-refractivity contribution < 1.29 is 8.78 Å². The molecule has 0 atom stereocenters. The van der Waals surface area contributed by atoms with Crippen molar-refractivity contribution in [3.8, 4) is 11.3 Å². The van der Waals surface area contributed by atoms with E-state index in [2.05, 4.69) is 24.0 Å². The lowest BCUT2D eigenvalue weighted by atomic mass is 9.80. The summed E-state index contributed by atoms with van der Waals surface area (Å²) in [6, 6.07) is 6.98. The number of rotatable bonds is 8. The summed E-state index contributed by atoms with van der Waals surface area (Å²) in [7, 11) is 0. The van der Waals surface area contributed by atoms with Gasteiger partial charge in [-0.3, -0.25) is 0 Å². The number of benzene rings is 1. The highest BCUT2D eigenvalue weighted by Gasteiger charge is 2.20. The van der Waals surface area contributed by atoms with Crippen molar-refractivity contribution in [3.63, 3.8) is 0 Å². The second-order valence-corrected chi connectivity index (χ2v) is 8.43. The average molecular weight is 387 g/mol. The van der Waals surface area contributed by atoms with Gasteiger partial charge in [-0.1, -0.05) is 58.4 Å². The van der Waals surface area contributed by atoms with Crippen LogP contribution in [0.15, 0.2) is 24.3 Å². The number of halogens is 2. The molecule has 2 nitrogen and oxygen atoms in total. The number of aryl methyl sites for hydroxylation is 2. The smallest absolute Gasteiger partial charge is 0.168 e. The Bertz CT molecular complexity index is 750. The molecule has 1 aliphatic carbocycles. The van der Waals surface area contributed by atoms with E-state index in [0.717, 1.165) is 43.7 Å². The molecule has 1 fully saturated rings. The molecule has 0 radical (unpaired) electrons. The van der Waals surface area contributed by atoms with Gasteiger partial charge < -0.3 is 0 Å². The van der Waals surface area contributed by atoms with Crippen molar-refractivity contribution in [1.29, 1.82) is 0 Å². The van der Waals surface area contributed by atoms with Crippen LogP contribution in [-0.2, 0) is 12.8 Å². The maximum atomic E-state index is 14.7. The Morgan fingerprint density at radius 3 is 2.36 bits per heavy atom. The van der Waals surface area contributed by atoms with Crippen LogP contribution in [0.4, 0.5) is 8.78 Å². The summed E-state index contributed by atoms with van der Waals surface area (Å²) in [5.74, 6) is -0.0772. The van der Waals surface area contributed by atoms with Gasteiger partial charge in [-0.15, -0.1) is 0 Å². The second-order valence-electron chi connectivity index (χ2n) is 8.43. The zero-order valence-corrected chi connectivity index (χ0v) is 17.2. The van der Waals surface area contributed by atoms with Gasteiger partial charge in [0.15, 0.2) is 11.6 Å². The largest absolute Gasteiger partial charge is 0.203 e. The normalized spacial score (nSPS) is 19.7. The fraction of sp³-hybridized carbons (Fsp3) is 0.583. The van der Waals surface area contributed by atoms with Crippen molar-refractivity contribution >= 4 is 0 Å². The molecular weight excluding hydrogens is 354 g/mol. The summed E-state index contributed by atoms with van der Waals surface area (Å²) in [4.78, 5) is 0. The van der Waals surface area contributed by atoms with E-state index in [4.69, 9.17) is 0 Å². The van der Waals surface area contributed by atoms with Gasteiger partial charge in [0.2, 0.25) is 0 Å². The first-order valence-electron chi connectivity index (χ1n) is 10.9. The standard InChI is InChI=1S/C24H32F2N2/c1-3-4-5-6-20-14-16-22(28-27-20)21-15-13-19(23(25)24(21)26)12-11-18-9-7-17(2)8-10-18/h13-18H,3-12H2,1-2H3. The van der Waals surface area contributed by atoms with E-state index in [9.17, 15) is 8.78 Å². The Morgan fingerprint density at radius 1 is 0.893 bits per heavy atom. The molecule has 1 heterocycles. The van der Waals surface area contributed by atoms with Crippen LogP contribution in [0.2, 0.25) is 0 Å². The number of nitrogens with zero attached hydrogens (tertiary/aromatic N) is 2. The molecular formula is C24H32F2N2. The third kappa shape index (κ3) is 5.36. The Hall–Kier alpha value is -1.84. The van der Waals surface area contributed by atoms with Crippen molar-refractivity contribution in [1.82, 2.24) is 10.2 Å². The molecule has 3 rings (SSSR count). The molecule has 0 N–H and O–H groups in total. The zero-order chi connectivity index (χ0) is 19.9. The molecule has 0 bridgehead atoms. The summed E-state index contributed by atoms with van der Waals surface area (Å²) < 4.78 is 29.3. The predicted octanol–water partition coefficient (Wildman–Crippen LogP) is 6.91. The lowest BCUT2D eigenvalue weighted by Gasteiger charge is -2.26. The highest BCUT2D eigenvalue weighted by atomic mass is 19.2. The topological polar surface area (TPSA) is 25.8 Å². The Balaban J connectivity index is 1.64. The van der Waals surface area contributed by atoms with Crippen molar-refractivity contribution in [2.24, 2.45) is 11.8 Å². The average Bonchev–Trinajstić information content (AvgIpc) is 2.71. The molecule has 0 amide bonds. The minimum Gasteiger partial charge on any atom is -0.203 e. The Labute approximate surface area is 167 Å². The summed E-state index contributed by atoms with van der Waals surface area (Å²) in [6.07, 6.45) is 10.7. The first-order chi connectivity index (χ1) is 13.6. The monoisotopic (exact) mass is 386 g/mol. The van der Waals surface area contributed by atoms with Crippen molar-refractivity contribution in [2.45, 2.75) is 78.1 Å². The molecule has 1 saturated carbocycles. The van der Waals surface area contributed by atoms with E-state index in [1.54, 1.807) is 18.2 Å². The van der Waals surface area contributed by atoms with Crippen LogP contribution >= 0.6 is 0 Å². The first kappa shape index (κ1) is 20.9. The van der Waals surface area contributed by atoms with Crippen LogP contribution in [0.5, 0.6) is 0 Å². The van der Waals surface area contributed by atoms with Crippen LogP contribution in [0.3, 0.4) is 0 Å². The SMILES string of the molecule is CCCCCc1ccc(-c2ccc(CCC3CCC(C)CC3)c(F)c2F)nn1. The van der Waals surface area contributed by atoms with E-state index >= 15 is 0 Å². The van der Waals surface area contributed by atoms with E-state index in [-0.39, 0.29) is 5.56 Å². The molecule has 0 saturated heterocycles. The molecule has 1 aromatic carbocycles. The number of unbranched alkanes of at least 4 members (excludes halogenated alkanes) is 2. The predicted molar refractivity (Wildman–Crippen MR) is 110 cm³/mol. The lowest BCUT2D eigenvalue weighted by Crippen LogP contribution is -2.13. The molecule has 28 heavy (non-hydrogen) atoms. The summed E-state index contributed by atoms with van der Waals surface area (Å²) in [5, 5.41) is 8.31. The van der Waals surface area contributed by atoms with Crippen LogP contribution in [0.25, 0.3) is 11.3 Å². The highest BCUT2D eigenvalue weighted by molar-refractivity contribution is 5.60. The zero-order valence-electron chi connectivity index (χ0n) is 17.2. The second kappa shape index (κ2) is 10.1. The maximum absolute atomic E-state index is 14.7. The van der Waals surface area contributed by atoms with E-state index in [0.29, 0.717) is 23.6 Å². The maximum Gasteiger partial charge on any atom is 0.168 e. The molecule has 0 aliphatic heterocycles. The van der Waals surface area contributed by atoms with E-state index in [1.165, 1.54) is 25.7 Å². The van der Waals surface area contributed by atoms with Gasteiger partial charge in [0.1, 0.15) is 0 Å². The van der Waals surface area contributed by atoms with Crippen LogP contribution in [-0.4, -0.2) is 10.2 Å². The van der Waals surface area contributed by atoms with Gasteiger partial charge >= 0.3 is 0 Å². The molecule has 152 valence electrons. The lowest BCUT2D eigenvalue weighted by molar-refractivity contribution is 0.277. The third-order valence-electron chi connectivity index (χ3n) is 6.15. The minimum absolute atomic E-state index is 0.195. The molecule has 0 unspecified atom stereocenters. The van der Waals surface area contributed by atoms with Gasteiger partial charge in [-0.25, -0.2) is 8.78 Å². The Kier molecular flexibility index (Phi) is 7.52. The Morgan fingerprint density at radius 2 is 1.68 bits per heavy atom. The summed E-state index contributed by atoms with van der Waals surface area (Å²) in [6.45, 7) is 4.45. The number of hydrogen-bond donors (Lipinski definition) is 0.